The van der Waals surface area contributed by atoms with Crippen molar-refractivity contribution in [2.45, 2.75) is 63.3 Å². The number of hydrogen-bond donors (Lipinski definition) is 0. The van der Waals surface area contributed by atoms with Gasteiger partial charge in [-0.2, -0.15) is 0 Å². The quantitative estimate of drug-likeness (QED) is 0.727. The fraction of sp³-hybridized carbons (Fsp3) is 0.615. The van der Waals surface area contributed by atoms with Crippen molar-refractivity contribution in [3.8, 4) is 0 Å². The minimum Gasteiger partial charge on any atom is -0.474 e. The number of pyridine rings is 1. The van der Waals surface area contributed by atoms with Crippen molar-refractivity contribution in [2.75, 3.05) is 33.2 Å². The SMILES string of the molecule is Cc1cccnc1[C@@H]1CCC[C@H](C2CN3C(OC4CN5CCC4CC5)=CC=CC3=N2)N1C. The molecular formula is C26H35N5O. The van der Waals surface area contributed by atoms with Gasteiger partial charge in [0.05, 0.1) is 24.3 Å². The summed E-state index contributed by atoms with van der Waals surface area (Å²) >= 11 is 0. The minimum absolute atomic E-state index is 0.267. The van der Waals surface area contributed by atoms with Crippen LogP contribution in [0, 0.1) is 12.8 Å². The zero-order valence-electron chi connectivity index (χ0n) is 19.4. The molecule has 1 aromatic rings. The van der Waals surface area contributed by atoms with E-state index >= 15 is 0 Å². The molecule has 0 aromatic carbocycles. The number of piperidine rings is 4. The lowest BCUT2D eigenvalue weighted by Gasteiger charge is -2.45. The summed E-state index contributed by atoms with van der Waals surface area (Å²) in [4.78, 5) is 17.4. The second-order valence-electron chi connectivity index (χ2n) is 10.2. The van der Waals surface area contributed by atoms with E-state index in [1.54, 1.807) is 0 Å². The summed E-state index contributed by atoms with van der Waals surface area (Å²) in [5, 5.41) is 0. The van der Waals surface area contributed by atoms with Crippen molar-refractivity contribution in [1.82, 2.24) is 19.7 Å². The maximum Gasteiger partial charge on any atom is 0.195 e. The molecule has 0 aliphatic carbocycles. The Morgan fingerprint density at radius 2 is 1.97 bits per heavy atom. The number of aromatic nitrogens is 1. The molecule has 7 rings (SSSR count). The van der Waals surface area contributed by atoms with Crippen LogP contribution in [-0.4, -0.2) is 76.9 Å². The van der Waals surface area contributed by atoms with Gasteiger partial charge in [-0.15, -0.1) is 0 Å². The highest BCUT2D eigenvalue weighted by Gasteiger charge is 2.41. The molecule has 6 heteroatoms. The number of likely N-dealkylation sites (N-methyl/N-ethyl adjacent to an activating group) is 1. The molecule has 4 atom stereocenters. The summed E-state index contributed by atoms with van der Waals surface area (Å²) in [5.74, 6) is 2.78. The minimum atomic E-state index is 0.267. The van der Waals surface area contributed by atoms with Crippen molar-refractivity contribution in [2.24, 2.45) is 10.9 Å². The Labute approximate surface area is 191 Å². The van der Waals surface area contributed by atoms with Gasteiger partial charge in [0.2, 0.25) is 0 Å². The van der Waals surface area contributed by atoms with Gasteiger partial charge in [-0.05, 0) is 88.9 Å². The lowest BCUT2D eigenvalue weighted by molar-refractivity contribution is -0.0559. The molecule has 0 radical (unpaired) electrons. The molecule has 6 nitrogen and oxygen atoms in total. The number of aryl methyl sites for hydroxylation is 1. The van der Waals surface area contributed by atoms with E-state index in [4.69, 9.17) is 14.7 Å². The molecule has 2 bridgehead atoms. The molecule has 0 N–H and O–H groups in total. The molecule has 4 saturated heterocycles. The molecule has 2 unspecified atom stereocenters. The summed E-state index contributed by atoms with van der Waals surface area (Å²) in [6.07, 6.45) is 14.8. The van der Waals surface area contributed by atoms with Crippen LogP contribution in [0.4, 0.5) is 0 Å². The standard InChI is InChI=1S/C26H35N5O/c1-18-6-5-13-27-26(18)22-8-3-7-21(29(22)2)20-16-31-24(28-20)9-4-10-25(31)32-23-17-30-14-11-19(23)12-15-30/h4-6,9-10,13,19-23H,3,7-8,11-12,14-17H2,1-2H3/t20?,21-,22+,23?/m1/s1. The molecule has 32 heavy (non-hydrogen) atoms. The number of fused-ring (bicyclic) bond motifs is 4. The van der Waals surface area contributed by atoms with Crippen molar-refractivity contribution in [3.05, 3.63) is 53.7 Å². The van der Waals surface area contributed by atoms with Crippen LogP contribution in [0.1, 0.15) is 49.4 Å². The average Bonchev–Trinajstić information content (AvgIpc) is 3.26. The Morgan fingerprint density at radius 1 is 1.09 bits per heavy atom. The van der Waals surface area contributed by atoms with E-state index in [0.29, 0.717) is 24.1 Å². The van der Waals surface area contributed by atoms with E-state index in [0.717, 1.165) is 24.8 Å². The zero-order valence-corrected chi connectivity index (χ0v) is 19.4. The highest BCUT2D eigenvalue weighted by Crippen LogP contribution is 2.38. The van der Waals surface area contributed by atoms with E-state index in [9.17, 15) is 0 Å². The number of likely N-dealkylation sites (tertiary alicyclic amines) is 1. The third kappa shape index (κ3) is 3.57. The number of nitrogens with zero attached hydrogens (tertiary/aromatic N) is 5. The van der Waals surface area contributed by atoms with Gasteiger partial charge >= 0.3 is 0 Å². The van der Waals surface area contributed by atoms with E-state index in [-0.39, 0.29) is 6.04 Å². The van der Waals surface area contributed by atoms with Gasteiger partial charge in [-0.25, -0.2) is 0 Å². The lowest BCUT2D eigenvalue weighted by Crippen LogP contribution is -2.52. The first-order valence-corrected chi connectivity index (χ1v) is 12.4. The molecule has 4 fully saturated rings. The lowest BCUT2D eigenvalue weighted by atomic mass is 9.86. The van der Waals surface area contributed by atoms with Crippen molar-refractivity contribution in [3.63, 3.8) is 0 Å². The molecule has 1 aromatic heterocycles. The molecule has 7 heterocycles. The van der Waals surface area contributed by atoms with E-state index in [1.807, 2.05) is 12.3 Å². The first-order chi connectivity index (χ1) is 15.7. The van der Waals surface area contributed by atoms with Crippen LogP contribution in [0.5, 0.6) is 0 Å². The van der Waals surface area contributed by atoms with Gasteiger partial charge in [0.1, 0.15) is 11.9 Å². The highest BCUT2D eigenvalue weighted by molar-refractivity contribution is 5.96. The molecular weight excluding hydrogens is 398 g/mol. The first-order valence-electron chi connectivity index (χ1n) is 12.4. The second-order valence-corrected chi connectivity index (χ2v) is 10.2. The van der Waals surface area contributed by atoms with Crippen LogP contribution in [0.15, 0.2) is 47.4 Å². The molecule has 0 spiro atoms. The Bertz CT molecular complexity index is 947. The fourth-order valence-corrected chi connectivity index (χ4v) is 6.51. The maximum absolute atomic E-state index is 6.64. The maximum atomic E-state index is 6.64. The van der Waals surface area contributed by atoms with Gasteiger partial charge in [0.15, 0.2) is 5.88 Å². The van der Waals surface area contributed by atoms with Gasteiger partial charge in [0.25, 0.3) is 0 Å². The van der Waals surface area contributed by atoms with E-state index in [1.165, 1.54) is 56.5 Å². The number of hydrogen-bond acceptors (Lipinski definition) is 6. The van der Waals surface area contributed by atoms with Crippen LogP contribution >= 0.6 is 0 Å². The van der Waals surface area contributed by atoms with Crippen molar-refractivity contribution < 1.29 is 4.74 Å². The van der Waals surface area contributed by atoms with Crippen LogP contribution in [0.2, 0.25) is 0 Å². The molecule has 6 aliphatic rings. The number of aliphatic imine (C=N–C) groups is 1. The number of rotatable bonds is 4. The Balaban J connectivity index is 1.17. The van der Waals surface area contributed by atoms with Crippen LogP contribution in [-0.2, 0) is 4.74 Å². The Morgan fingerprint density at radius 3 is 2.75 bits per heavy atom. The molecule has 6 aliphatic heterocycles. The molecule has 0 amide bonds. The Hall–Kier alpha value is -2.18. The predicted molar refractivity (Wildman–Crippen MR) is 126 cm³/mol. The third-order valence-corrected chi connectivity index (χ3v) is 8.36. The van der Waals surface area contributed by atoms with Crippen molar-refractivity contribution in [1.29, 1.82) is 0 Å². The Kier molecular flexibility index (Phi) is 5.30. The van der Waals surface area contributed by atoms with Gasteiger partial charge in [-0.3, -0.25) is 24.7 Å². The molecule has 170 valence electrons. The smallest absolute Gasteiger partial charge is 0.195 e. The van der Waals surface area contributed by atoms with Gasteiger partial charge in [-0.1, -0.05) is 12.1 Å². The molecule has 0 saturated carbocycles. The van der Waals surface area contributed by atoms with Crippen LogP contribution < -0.4 is 0 Å². The zero-order chi connectivity index (χ0) is 21.7. The van der Waals surface area contributed by atoms with E-state index < -0.39 is 0 Å². The first kappa shape index (κ1) is 20.4. The summed E-state index contributed by atoms with van der Waals surface area (Å²) < 4.78 is 6.64. The number of ether oxygens (including phenoxy) is 1. The summed E-state index contributed by atoms with van der Waals surface area (Å²) in [5.41, 5.74) is 2.52. The third-order valence-electron chi connectivity index (χ3n) is 8.36. The normalized spacial score (nSPS) is 36.6. The summed E-state index contributed by atoms with van der Waals surface area (Å²) in [6, 6.07) is 5.29. The van der Waals surface area contributed by atoms with Gasteiger partial charge < -0.3 is 4.74 Å². The van der Waals surface area contributed by atoms with Crippen LogP contribution in [0.3, 0.4) is 0 Å². The van der Waals surface area contributed by atoms with Crippen molar-refractivity contribution >= 4 is 5.84 Å². The summed E-state index contributed by atoms with van der Waals surface area (Å²) in [7, 11) is 2.27. The van der Waals surface area contributed by atoms with E-state index in [2.05, 4.69) is 53.0 Å². The average molecular weight is 434 g/mol. The predicted octanol–water partition coefficient (Wildman–Crippen LogP) is 3.52. The topological polar surface area (TPSA) is 44.2 Å². The van der Waals surface area contributed by atoms with Gasteiger partial charge in [0, 0.05) is 18.8 Å². The number of allylic oxidation sites excluding steroid dienone is 2. The van der Waals surface area contributed by atoms with Crippen LogP contribution in [0.25, 0.3) is 0 Å². The summed E-state index contributed by atoms with van der Waals surface area (Å²) in [6.45, 7) is 6.66. The highest BCUT2D eigenvalue weighted by atomic mass is 16.5. The fourth-order valence-electron chi connectivity index (χ4n) is 6.51. The monoisotopic (exact) mass is 433 g/mol. The largest absolute Gasteiger partial charge is 0.474 e. The number of amidine groups is 1. The second kappa shape index (κ2) is 8.31.